The lowest BCUT2D eigenvalue weighted by Crippen LogP contribution is -2.53. The van der Waals surface area contributed by atoms with Crippen LogP contribution in [0.4, 0.5) is 10.5 Å². The molecule has 1 aromatic rings. The number of carbonyl (C=O) groups excluding carboxylic acids is 2. The molecule has 18 heteroatoms. The molecule has 0 aromatic heterocycles. The number of nitrogens with zero attached hydrogens (tertiary/aromatic N) is 2. The van der Waals surface area contributed by atoms with Gasteiger partial charge in [-0.05, 0) is 18.9 Å². The minimum Gasteiger partial charge on any atom is -0.493 e. The van der Waals surface area contributed by atoms with Crippen molar-refractivity contribution in [2.75, 3.05) is 20.8 Å². The smallest absolute Gasteiger partial charge is 0.408 e. The molecule has 1 saturated heterocycles. The topological polar surface area (TPSA) is 230 Å². The molecular formula is C15H22N5O11PS. The lowest BCUT2D eigenvalue weighted by atomic mass is 10.1. The summed E-state index contributed by atoms with van der Waals surface area (Å²) in [6.45, 7) is -0.757. The van der Waals surface area contributed by atoms with E-state index in [0.29, 0.717) is 4.67 Å². The van der Waals surface area contributed by atoms with Crippen molar-refractivity contribution in [1.82, 2.24) is 14.5 Å². The highest BCUT2D eigenvalue weighted by atomic mass is 32.2. The van der Waals surface area contributed by atoms with Crippen molar-refractivity contribution in [2.45, 2.75) is 25.5 Å². The van der Waals surface area contributed by atoms with Crippen LogP contribution in [0.5, 0.6) is 11.5 Å². The number of amides is 2. The number of piperidine rings is 1. The van der Waals surface area contributed by atoms with E-state index in [1.807, 2.05) is 0 Å². The van der Waals surface area contributed by atoms with Crippen LogP contribution in [0.3, 0.4) is 0 Å². The first-order valence-corrected chi connectivity index (χ1v) is 12.3. The minimum absolute atomic E-state index is 0.0202. The minimum atomic E-state index is -4.97. The maximum Gasteiger partial charge on any atom is 0.408 e. The van der Waals surface area contributed by atoms with Gasteiger partial charge in [0, 0.05) is 6.54 Å². The first kappa shape index (κ1) is 26.3. The number of hydrogen-bond donors (Lipinski definition) is 4. The number of rotatable bonds is 9. The molecule has 0 spiro atoms. The predicted octanol–water partition coefficient (Wildman–Crippen LogP) is 0.288. The zero-order valence-electron chi connectivity index (χ0n) is 17.4. The molecule has 0 aliphatic carbocycles. The van der Waals surface area contributed by atoms with E-state index >= 15 is 0 Å². The first-order valence-electron chi connectivity index (χ1n) is 9.08. The van der Waals surface area contributed by atoms with E-state index in [-0.39, 0.29) is 36.4 Å². The summed E-state index contributed by atoms with van der Waals surface area (Å²) in [5.74, 6) is -0.725. The molecule has 1 aliphatic heterocycles. The molecule has 2 rings (SSSR count). The van der Waals surface area contributed by atoms with E-state index in [1.165, 1.54) is 24.8 Å². The van der Waals surface area contributed by atoms with Gasteiger partial charge in [0.15, 0.2) is 11.5 Å². The Morgan fingerprint density at radius 1 is 1.36 bits per heavy atom. The maximum atomic E-state index is 12.5. The van der Waals surface area contributed by atoms with Crippen molar-refractivity contribution in [3.05, 3.63) is 27.8 Å². The number of nitrogens with two attached hydrogens (primary N) is 1. The normalized spacial score (nSPS) is 18.2. The Bertz CT molecular complexity index is 1100. The lowest BCUT2D eigenvalue weighted by molar-refractivity contribution is -0.385. The van der Waals surface area contributed by atoms with Gasteiger partial charge in [-0.25, -0.2) is 4.79 Å². The molecule has 2 atom stereocenters. The van der Waals surface area contributed by atoms with E-state index in [9.17, 15) is 32.7 Å². The molecule has 0 radical (unpaired) electrons. The molecule has 16 nitrogen and oxygen atoms in total. The Kier molecular flexibility index (Phi) is 8.20. The van der Waals surface area contributed by atoms with Crippen molar-refractivity contribution >= 4 is 35.6 Å². The van der Waals surface area contributed by atoms with Crippen LogP contribution in [-0.4, -0.2) is 61.4 Å². The van der Waals surface area contributed by atoms with E-state index in [0.717, 1.165) is 6.07 Å². The van der Waals surface area contributed by atoms with Crippen LogP contribution in [0.1, 0.15) is 18.4 Å². The molecule has 2 amide bonds. The zero-order valence-corrected chi connectivity index (χ0v) is 19.1. The summed E-state index contributed by atoms with van der Waals surface area (Å²) >= 11 is 0. The molecule has 1 aliphatic rings. The molecule has 1 aromatic carbocycles. The quantitative estimate of drug-likeness (QED) is 0.152. The molecule has 0 bridgehead atoms. The Hall–Kier alpha value is -2.98. The average molecular weight is 511 g/mol. The van der Waals surface area contributed by atoms with Gasteiger partial charge in [0.2, 0.25) is 0 Å². The van der Waals surface area contributed by atoms with Crippen molar-refractivity contribution in [2.24, 2.45) is 5.50 Å². The summed E-state index contributed by atoms with van der Waals surface area (Å²) in [5.41, 5.74) is 4.95. The number of carbonyl (C=O) groups is 2. The molecule has 33 heavy (non-hydrogen) atoms. The molecule has 1 unspecified atom stereocenters. The average Bonchev–Trinajstić information content (AvgIpc) is 2.71. The van der Waals surface area contributed by atoms with Gasteiger partial charge in [-0.1, -0.05) is 0 Å². The van der Waals surface area contributed by atoms with Gasteiger partial charge in [0.1, 0.15) is 12.6 Å². The van der Waals surface area contributed by atoms with Crippen LogP contribution in [-0.2, 0) is 31.0 Å². The fraction of sp³-hybridized carbons (Fsp3) is 0.467. The predicted molar refractivity (Wildman–Crippen MR) is 111 cm³/mol. The summed E-state index contributed by atoms with van der Waals surface area (Å²) in [6.07, 6.45) is -0.854. The second-order valence-corrected chi connectivity index (χ2v) is 10.1. The zero-order chi connectivity index (χ0) is 25.0. The number of hydrogen-bond acceptors (Lipinski definition) is 10. The van der Waals surface area contributed by atoms with Crippen molar-refractivity contribution in [3.63, 3.8) is 0 Å². The largest absolute Gasteiger partial charge is 0.493 e. The van der Waals surface area contributed by atoms with Crippen LogP contribution >= 0.6 is 7.59 Å². The van der Waals surface area contributed by atoms with Gasteiger partial charge < -0.3 is 19.5 Å². The summed E-state index contributed by atoms with van der Waals surface area (Å²) in [5, 5.41) is 13.5. The highest BCUT2D eigenvalue weighted by molar-refractivity contribution is 7.90. The standard InChI is InChI=1S/C15H22N5O11PS/c1-29-12-6-9(11(20(23)24)7-13(12)30-2)8-31-15(22)17-10-4-3-5-19(14(10)21)32(16,25)18-33(26,27)28/h6-7,10H,3-5,8H2,1-2H3,(H,17,22)(H3,16,18,25)(H,26,27,28)/t10-,32?/m0/s1. The molecule has 1 fully saturated rings. The summed E-state index contributed by atoms with van der Waals surface area (Å²) in [6, 6.07) is 1.08. The SMILES string of the molecule is COc1cc(COC(=O)N[C@H]2CCCN(P(N)(=O)NS(=O)(=O)O)C2=O)c([N+](=O)[O-])cc1OC. The number of nitrogens with one attached hydrogen (secondary N) is 2. The van der Waals surface area contributed by atoms with Crippen molar-refractivity contribution < 1.29 is 46.3 Å². The van der Waals surface area contributed by atoms with Gasteiger partial charge in [0.05, 0.1) is 30.8 Å². The second kappa shape index (κ2) is 10.3. The number of ether oxygens (including phenoxy) is 3. The third-order valence-corrected chi connectivity index (χ3v) is 7.54. The summed E-state index contributed by atoms with van der Waals surface area (Å²) in [7, 11) is -6.89. The number of nitro benzene ring substituents is 1. The molecular weight excluding hydrogens is 489 g/mol. The van der Waals surface area contributed by atoms with Crippen LogP contribution in [0, 0.1) is 10.1 Å². The Morgan fingerprint density at radius 3 is 2.52 bits per heavy atom. The monoisotopic (exact) mass is 511 g/mol. The van der Waals surface area contributed by atoms with Crippen LogP contribution in [0.15, 0.2) is 12.1 Å². The van der Waals surface area contributed by atoms with Gasteiger partial charge in [-0.15, -0.1) is 4.49 Å². The molecule has 5 N–H and O–H groups in total. The fourth-order valence-electron chi connectivity index (χ4n) is 3.03. The molecule has 184 valence electrons. The lowest BCUT2D eigenvalue weighted by Gasteiger charge is -2.35. The molecule has 1 heterocycles. The van der Waals surface area contributed by atoms with E-state index < -0.39 is 53.2 Å². The Morgan fingerprint density at radius 2 is 1.97 bits per heavy atom. The van der Waals surface area contributed by atoms with E-state index in [1.54, 1.807) is 0 Å². The number of benzene rings is 1. The third-order valence-electron chi connectivity index (χ3n) is 4.45. The summed E-state index contributed by atoms with van der Waals surface area (Å²) in [4.78, 5) is 35.3. The number of nitro groups is 1. The highest BCUT2D eigenvalue weighted by Gasteiger charge is 2.40. The summed E-state index contributed by atoms with van der Waals surface area (Å²) < 4.78 is 59.9. The highest BCUT2D eigenvalue weighted by Crippen LogP contribution is 2.40. The molecule has 0 saturated carbocycles. The van der Waals surface area contributed by atoms with Crippen molar-refractivity contribution in [3.8, 4) is 11.5 Å². The van der Waals surface area contributed by atoms with Crippen LogP contribution in [0.25, 0.3) is 0 Å². The number of methoxy groups -OCH3 is 2. The Labute approximate surface area is 187 Å². The van der Waals surface area contributed by atoms with Gasteiger partial charge in [-0.3, -0.25) is 34.2 Å². The van der Waals surface area contributed by atoms with E-state index in [4.69, 9.17) is 24.3 Å². The van der Waals surface area contributed by atoms with Crippen LogP contribution in [0.2, 0.25) is 0 Å². The van der Waals surface area contributed by atoms with Gasteiger partial charge in [-0.2, -0.15) is 8.42 Å². The Balaban J connectivity index is 2.10. The maximum absolute atomic E-state index is 12.5. The van der Waals surface area contributed by atoms with Gasteiger partial charge >= 0.3 is 24.0 Å². The number of alkyl carbamates (subject to hydrolysis) is 1. The van der Waals surface area contributed by atoms with Crippen LogP contribution < -0.4 is 24.8 Å². The van der Waals surface area contributed by atoms with Crippen molar-refractivity contribution in [1.29, 1.82) is 0 Å². The fourth-order valence-corrected chi connectivity index (χ4v) is 5.61. The first-order chi connectivity index (χ1) is 15.3. The van der Waals surface area contributed by atoms with E-state index in [2.05, 4.69) is 5.32 Å². The van der Waals surface area contributed by atoms with Gasteiger partial charge in [0.25, 0.3) is 11.6 Å². The third kappa shape index (κ3) is 6.75. The second-order valence-electron chi connectivity index (χ2n) is 6.66.